The molecule has 88 valence electrons. The zero-order valence-corrected chi connectivity index (χ0v) is 8.82. The summed E-state index contributed by atoms with van der Waals surface area (Å²) in [6.45, 7) is 0. The minimum Gasteiger partial charge on any atom is -0.347 e. The van der Waals surface area contributed by atoms with Crippen LogP contribution in [0, 0.1) is 0 Å². The van der Waals surface area contributed by atoms with Gasteiger partial charge in [0.05, 0.1) is 0 Å². The number of amides is 1. The highest BCUT2D eigenvalue weighted by Crippen LogP contribution is 2.16. The van der Waals surface area contributed by atoms with Crippen molar-refractivity contribution in [2.24, 2.45) is 5.73 Å². The number of carbonyl (C=O) groups is 1. The Hall–Kier alpha value is -1.63. The number of hydrogen-bond donors (Lipinski definition) is 4. The van der Waals surface area contributed by atoms with E-state index in [1.165, 1.54) is 0 Å². The van der Waals surface area contributed by atoms with Crippen LogP contribution in [0.5, 0.6) is 0 Å². The topological polar surface area (TPSA) is 117 Å². The van der Waals surface area contributed by atoms with Crippen LogP contribution in [0.15, 0.2) is 4.79 Å². The molecule has 0 bridgehead atoms. The Bertz CT molecular complexity index is 416. The Labute approximate surface area is 91.8 Å². The SMILES string of the molecule is N[C@H]1CC[C@H](NC(=O)c2n[nH]c(=O)[nH]2)CC1. The summed E-state index contributed by atoms with van der Waals surface area (Å²) < 4.78 is 0. The van der Waals surface area contributed by atoms with Crippen LogP contribution in [-0.4, -0.2) is 33.2 Å². The van der Waals surface area contributed by atoms with Gasteiger partial charge in [-0.25, -0.2) is 9.89 Å². The van der Waals surface area contributed by atoms with Crippen molar-refractivity contribution in [1.82, 2.24) is 20.5 Å². The van der Waals surface area contributed by atoms with E-state index in [1.807, 2.05) is 0 Å². The van der Waals surface area contributed by atoms with Gasteiger partial charge in [0.1, 0.15) is 0 Å². The third-order valence-electron chi connectivity index (χ3n) is 2.82. The molecule has 1 aliphatic rings. The third-order valence-corrected chi connectivity index (χ3v) is 2.82. The van der Waals surface area contributed by atoms with Crippen LogP contribution in [-0.2, 0) is 0 Å². The number of hydrogen-bond acceptors (Lipinski definition) is 4. The maximum absolute atomic E-state index is 11.6. The first-order valence-corrected chi connectivity index (χ1v) is 5.36. The second kappa shape index (κ2) is 4.48. The molecular formula is C9H15N5O2. The number of nitrogens with zero attached hydrogens (tertiary/aromatic N) is 1. The van der Waals surface area contributed by atoms with Gasteiger partial charge in [-0.15, -0.1) is 5.10 Å². The van der Waals surface area contributed by atoms with Crippen molar-refractivity contribution in [2.75, 3.05) is 0 Å². The largest absolute Gasteiger partial charge is 0.347 e. The molecule has 2 rings (SSSR count). The van der Waals surface area contributed by atoms with Gasteiger partial charge in [-0.05, 0) is 25.7 Å². The molecule has 0 radical (unpaired) electrons. The Morgan fingerprint density at radius 2 is 2.06 bits per heavy atom. The summed E-state index contributed by atoms with van der Waals surface area (Å²) in [7, 11) is 0. The summed E-state index contributed by atoms with van der Waals surface area (Å²) in [5.41, 5.74) is 5.29. The van der Waals surface area contributed by atoms with Gasteiger partial charge in [-0.3, -0.25) is 9.78 Å². The molecule has 1 heterocycles. The molecule has 0 saturated heterocycles. The van der Waals surface area contributed by atoms with E-state index in [0.717, 1.165) is 25.7 Å². The van der Waals surface area contributed by atoms with Gasteiger partial charge in [0.2, 0.25) is 5.82 Å². The summed E-state index contributed by atoms with van der Waals surface area (Å²) >= 11 is 0. The second-order valence-corrected chi connectivity index (χ2v) is 4.11. The highest BCUT2D eigenvalue weighted by atomic mass is 16.2. The molecular weight excluding hydrogens is 210 g/mol. The Kier molecular flexibility index (Phi) is 3.04. The van der Waals surface area contributed by atoms with Gasteiger partial charge in [-0.2, -0.15) is 0 Å². The molecule has 16 heavy (non-hydrogen) atoms. The van der Waals surface area contributed by atoms with Crippen molar-refractivity contribution in [1.29, 1.82) is 0 Å². The van der Waals surface area contributed by atoms with Crippen LogP contribution < -0.4 is 16.7 Å². The van der Waals surface area contributed by atoms with E-state index in [-0.39, 0.29) is 23.8 Å². The van der Waals surface area contributed by atoms with Crippen LogP contribution in [0.25, 0.3) is 0 Å². The molecule has 7 heteroatoms. The highest BCUT2D eigenvalue weighted by molar-refractivity contribution is 5.90. The smallest absolute Gasteiger partial charge is 0.341 e. The minimum absolute atomic E-state index is 0.0277. The van der Waals surface area contributed by atoms with Crippen molar-refractivity contribution < 1.29 is 4.79 Å². The molecule has 7 nitrogen and oxygen atoms in total. The maximum Gasteiger partial charge on any atom is 0.341 e. The quantitative estimate of drug-likeness (QED) is 0.521. The maximum atomic E-state index is 11.6. The van der Waals surface area contributed by atoms with E-state index >= 15 is 0 Å². The molecule has 1 aromatic heterocycles. The average molecular weight is 225 g/mol. The fraction of sp³-hybridized carbons (Fsp3) is 0.667. The lowest BCUT2D eigenvalue weighted by Crippen LogP contribution is -2.40. The van der Waals surface area contributed by atoms with Crippen molar-refractivity contribution in [2.45, 2.75) is 37.8 Å². The fourth-order valence-corrected chi connectivity index (χ4v) is 1.89. The summed E-state index contributed by atoms with van der Waals surface area (Å²) in [6.07, 6.45) is 3.59. The van der Waals surface area contributed by atoms with Gasteiger partial charge in [0.15, 0.2) is 0 Å². The normalized spacial score (nSPS) is 25.3. The first-order valence-electron chi connectivity index (χ1n) is 5.36. The molecule has 0 aromatic carbocycles. The molecule has 1 amide bonds. The second-order valence-electron chi connectivity index (χ2n) is 4.11. The Morgan fingerprint density at radius 3 is 2.62 bits per heavy atom. The number of carbonyl (C=O) groups excluding carboxylic acids is 1. The van der Waals surface area contributed by atoms with Gasteiger partial charge in [0, 0.05) is 12.1 Å². The Morgan fingerprint density at radius 1 is 1.38 bits per heavy atom. The van der Waals surface area contributed by atoms with E-state index in [2.05, 4.69) is 20.5 Å². The lowest BCUT2D eigenvalue weighted by Gasteiger charge is -2.26. The third kappa shape index (κ3) is 2.48. The molecule has 1 aliphatic carbocycles. The molecule has 0 spiro atoms. The summed E-state index contributed by atoms with van der Waals surface area (Å²) in [5, 5.41) is 8.54. The summed E-state index contributed by atoms with van der Waals surface area (Å²) in [5.74, 6) is -0.321. The number of nitrogens with one attached hydrogen (secondary N) is 3. The molecule has 0 aliphatic heterocycles. The van der Waals surface area contributed by atoms with Gasteiger partial charge >= 0.3 is 5.69 Å². The van der Waals surface area contributed by atoms with Gasteiger partial charge in [-0.1, -0.05) is 0 Å². The van der Waals surface area contributed by atoms with Crippen LogP contribution in [0.1, 0.15) is 36.3 Å². The Balaban J connectivity index is 1.90. The molecule has 1 fully saturated rings. The predicted molar refractivity (Wildman–Crippen MR) is 56.9 cm³/mol. The minimum atomic E-state index is -0.476. The fourth-order valence-electron chi connectivity index (χ4n) is 1.89. The molecule has 5 N–H and O–H groups in total. The monoisotopic (exact) mass is 225 g/mol. The van der Waals surface area contributed by atoms with Crippen molar-refractivity contribution in [3.63, 3.8) is 0 Å². The molecule has 0 unspecified atom stereocenters. The summed E-state index contributed by atoms with van der Waals surface area (Å²) in [4.78, 5) is 24.7. The van der Waals surface area contributed by atoms with Crippen LogP contribution in [0.4, 0.5) is 0 Å². The number of H-pyrrole nitrogens is 2. The highest BCUT2D eigenvalue weighted by Gasteiger charge is 2.21. The first kappa shape index (κ1) is 10.9. The van der Waals surface area contributed by atoms with Crippen molar-refractivity contribution in [3.05, 3.63) is 16.3 Å². The average Bonchev–Trinajstić information content (AvgIpc) is 2.68. The van der Waals surface area contributed by atoms with E-state index in [0.29, 0.717) is 0 Å². The number of rotatable bonds is 2. The van der Waals surface area contributed by atoms with E-state index in [4.69, 9.17) is 5.73 Å². The number of nitrogens with two attached hydrogens (primary N) is 1. The van der Waals surface area contributed by atoms with Crippen LogP contribution >= 0.6 is 0 Å². The van der Waals surface area contributed by atoms with Crippen molar-refractivity contribution >= 4 is 5.91 Å². The molecule has 1 saturated carbocycles. The lowest BCUT2D eigenvalue weighted by atomic mass is 9.92. The predicted octanol–water partition coefficient (Wildman–Crippen LogP) is -0.902. The van der Waals surface area contributed by atoms with Crippen molar-refractivity contribution in [3.8, 4) is 0 Å². The van der Waals surface area contributed by atoms with Crippen LogP contribution in [0.3, 0.4) is 0 Å². The van der Waals surface area contributed by atoms with E-state index in [9.17, 15) is 9.59 Å². The summed E-state index contributed by atoms with van der Waals surface area (Å²) in [6, 6.07) is 0.380. The van der Waals surface area contributed by atoms with E-state index in [1.54, 1.807) is 0 Å². The zero-order valence-electron chi connectivity index (χ0n) is 8.82. The molecule has 1 aromatic rings. The van der Waals surface area contributed by atoms with E-state index < -0.39 is 5.69 Å². The van der Waals surface area contributed by atoms with Crippen LogP contribution in [0.2, 0.25) is 0 Å². The molecule has 0 atom stereocenters. The number of aromatic amines is 2. The lowest BCUT2D eigenvalue weighted by molar-refractivity contribution is 0.0915. The van der Waals surface area contributed by atoms with Gasteiger partial charge in [0.25, 0.3) is 5.91 Å². The van der Waals surface area contributed by atoms with Gasteiger partial charge < -0.3 is 11.1 Å². The standard InChI is InChI=1S/C9H15N5O2/c10-5-1-3-6(4-2-5)11-8(15)7-12-9(16)14-13-7/h5-6H,1-4,10H2,(H,11,15)(H2,12,13,14,16)/t5-,6-. The number of aromatic nitrogens is 3. The first-order chi connectivity index (χ1) is 7.65. The zero-order chi connectivity index (χ0) is 11.5.